The number of piperidine rings is 1. The van der Waals surface area contributed by atoms with Crippen molar-refractivity contribution in [1.29, 1.82) is 0 Å². The number of amides is 2. The van der Waals surface area contributed by atoms with Crippen molar-refractivity contribution in [2.24, 2.45) is 0 Å². The summed E-state index contributed by atoms with van der Waals surface area (Å²) in [5, 5.41) is 14.5. The maximum absolute atomic E-state index is 12.0. The van der Waals surface area contributed by atoms with Gasteiger partial charge in [0.2, 0.25) is 11.8 Å². The van der Waals surface area contributed by atoms with Crippen molar-refractivity contribution in [3.8, 4) is 0 Å². The minimum Gasteiger partial charge on any atom is -0.479 e. The average Bonchev–Trinajstić information content (AvgIpc) is 2.45. The highest BCUT2D eigenvalue weighted by molar-refractivity contribution is 5.85. The van der Waals surface area contributed by atoms with Gasteiger partial charge in [-0.05, 0) is 18.4 Å². The number of carbonyl (C=O) groups is 3. The molecule has 1 aliphatic heterocycles. The fourth-order valence-corrected chi connectivity index (χ4v) is 2.41. The zero-order valence-electron chi connectivity index (χ0n) is 11.5. The molecule has 2 rings (SSSR count). The highest BCUT2D eigenvalue weighted by atomic mass is 16.4. The highest BCUT2D eigenvalue weighted by Crippen LogP contribution is 2.15. The molecule has 6 nitrogen and oxygen atoms in total. The summed E-state index contributed by atoms with van der Waals surface area (Å²) in [5.41, 5.74) is 0.519. The Morgan fingerprint density at radius 3 is 2.67 bits per heavy atom. The molecule has 3 N–H and O–H groups in total. The van der Waals surface area contributed by atoms with Crippen LogP contribution in [0.5, 0.6) is 0 Å². The third kappa shape index (κ3) is 4.30. The number of carbonyl (C=O) groups excluding carboxylic acids is 2. The third-order valence-corrected chi connectivity index (χ3v) is 3.44. The van der Waals surface area contributed by atoms with E-state index in [0.29, 0.717) is 12.0 Å². The van der Waals surface area contributed by atoms with Crippen LogP contribution in [0.4, 0.5) is 0 Å². The molecule has 6 heteroatoms. The van der Waals surface area contributed by atoms with E-state index in [1.54, 1.807) is 30.3 Å². The number of aliphatic carboxylic acids is 1. The van der Waals surface area contributed by atoms with E-state index >= 15 is 0 Å². The topological polar surface area (TPSA) is 95.5 Å². The first-order valence-corrected chi connectivity index (χ1v) is 6.92. The molecule has 0 aromatic heterocycles. The first-order chi connectivity index (χ1) is 10.1. The summed E-state index contributed by atoms with van der Waals surface area (Å²) in [5.74, 6) is -1.54. The molecule has 0 saturated carbocycles. The van der Waals surface area contributed by atoms with E-state index in [9.17, 15) is 19.5 Å². The number of rotatable bonds is 5. The van der Waals surface area contributed by atoms with Crippen LogP contribution in [-0.4, -0.2) is 28.9 Å². The fourth-order valence-electron chi connectivity index (χ4n) is 2.41. The van der Waals surface area contributed by atoms with Gasteiger partial charge in [-0.2, -0.15) is 0 Å². The maximum Gasteiger partial charge on any atom is 0.330 e. The third-order valence-electron chi connectivity index (χ3n) is 3.44. The lowest BCUT2D eigenvalue weighted by Gasteiger charge is -2.23. The minimum atomic E-state index is -1.11. The normalized spacial score (nSPS) is 19.4. The first-order valence-electron chi connectivity index (χ1n) is 6.92. The van der Waals surface area contributed by atoms with E-state index < -0.39 is 12.0 Å². The van der Waals surface area contributed by atoms with Gasteiger partial charge in [-0.1, -0.05) is 30.3 Å². The van der Waals surface area contributed by atoms with Gasteiger partial charge in [-0.3, -0.25) is 9.59 Å². The molecule has 1 fully saturated rings. The molecule has 1 aromatic rings. The standard InChI is InChI=1S/C15H18N2O4/c18-12-8-4-7-11(16-12)9-13(19)17-14(15(20)21)10-5-2-1-3-6-10/h1-3,5-6,11,14H,4,7-9H2,(H,16,18)(H,17,19)(H,20,21)/t11?,14-/m0/s1. The number of nitrogens with one attached hydrogen (secondary N) is 2. The van der Waals surface area contributed by atoms with E-state index in [4.69, 9.17) is 0 Å². The summed E-state index contributed by atoms with van der Waals surface area (Å²) in [6.45, 7) is 0. The van der Waals surface area contributed by atoms with Crippen molar-refractivity contribution in [2.45, 2.75) is 37.8 Å². The Bertz CT molecular complexity index is 530. The monoisotopic (exact) mass is 290 g/mol. The summed E-state index contributed by atoms with van der Waals surface area (Å²) < 4.78 is 0. The number of carboxylic acid groups (broad SMARTS) is 1. The van der Waals surface area contributed by atoms with Crippen molar-refractivity contribution in [1.82, 2.24) is 10.6 Å². The summed E-state index contributed by atoms with van der Waals surface area (Å²) in [6.07, 6.45) is 2.08. The van der Waals surface area contributed by atoms with Crippen molar-refractivity contribution < 1.29 is 19.5 Å². The quantitative estimate of drug-likeness (QED) is 0.753. The van der Waals surface area contributed by atoms with Crippen molar-refractivity contribution in [3.05, 3.63) is 35.9 Å². The fraction of sp³-hybridized carbons (Fsp3) is 0.400. The summed E-state index contributed by atoms with van der Waals surface area (Å²) in [4.78, 5) is 34.5. The molecule has 0 aliphatic carbocycles. The Morgan fingerprint density at radius 2 is 2.05 bits per heavy atom. The van der Waals surface area contributed by atoms with Crippen LogP contribution in [0, 0.1) is 0 Å². The van der Waals surface area contributed by atoms with Crippen molar-refractivity contribution in [2.75, 3.05) is 0 Å². The van der Waals surface area contributed by atoms with Crippen LogP contribution in [0.3, 0.4) is 0 Å². The zero-order chi connectivity index (χ0) is 15.2. The Balaban J connectivity index is 1.96. The first kappa shape index (κ1) is 15.0. The van der Waals surface area contributed by atoms with E-state index in [1.807, 2.05) is 0 Å². The van der Waals surface area contributed by atoms with Crippen LogP contribution in [0.15, 0.2) is 30.3 Å². The van der Waals surface area contributed by atoms with Crippen LogP contribution in [0.25, 0.3) is 0 Å². The lowest BCUT2D eigenvalue weighted by Crippen LogP contribution is -2.43. The van der Waals surface area contributed by atoms with Gasteiger partial charge in [0.1, 0.15) is 0 Å². The lowest BCUT2D eigenvalue weighted by molar-refractivity contribution is -0.142. The summed E-state index contributed by atoms with van der Waals surface area (Å²) in [7, 11) is 0. The second kappa shape index (κ2) is 6.88. The number of hydrogen-bond donors (Lipinski definition) is 3. The van der Waals surface area contributed by atoms with Gasteiger partial charge >= 0.3 is 5.97 Å². The maximum atomic E-state index is 12.0. The SMILES string of the molecule is O=C1CCCC(CC(=O)N[C@H](C(=O)O)c2ccccc2)N1. The van der Waals surface area contributed by atoms with Gasteiger partial charge in [0.15, 0.2) is 6.04 Å². The lowest BCUT2D eigenvalue weighted by atomic mass is 10.0. The number of hydrogen-bond acceptors (Lipinski definition) is 3. The minimum absolute atomic E-state index is 0.0584. The molecule has 112 valence electrons. The second-order valence-corrected chi connectivity index (χ2v) is 5.11. The average molecular weight is 290 g/mol. The van der Waals surface area contributed by atoms with Crippen molar-refractivity contribution >= 4 is 17.8 Å². The predicted molar refractivity (Wildman–Crippen MR) is 75.4 cm³/mol. The number of carboxylic acids is 1. The molecule has 21 heavy (non-hydrogen) atoms. The molecule has 1 heterocycles. The van der Waals surface area contributed by atoms with Gasteiger partial charge in [0.25, 0.3) is 0 Å². The smallest absolute Gasteiger partial charge is 0.330 e. The molecule has 2 amide bonds. The Morgan fingerprint density at radius 1 is 1.33 bits per heavy atom. The van der Waals surface area contributed by atoms with E-state index in [-0.39, 0.29) is 24.3 Å². The van der Waals surface area contributed by atoms with Crippen LogP contribution < -0.4 is 10.6 Å². The largest absolute Gasteiger partial charge is 0.479 e. The Hall–Kier alpha value is -2.37. The Labute approximate surface area is 122 Å². The molecule has 0 spiro atoms. The zero-order valence-corrected chi connectivity index (χ0v) is 11.5. The molecular weight excluding hydrogens is 272 g/mol. The van der Waals surface area contributed by atoms with Crippen LogP contribution in [0.2, 0.25) is 0 Å². The van der Waals surface area contributed by atoms with Crippen LogP contribution in [-0.2, 0) is 14.4 Å². The molecule has 1 aliphatic rings. The van der Waals surface area contributed by atoms with Crippen LogP contribution in [0.1, 0.15) is 37.3 Å². The Kier molecular flexibility index (Phi) is 4.92. The van der Waals surface area contributed by atoms with E-state index in [0.717, 1.165) is 12.8 Å². The predicted octanol–water partition coefficient (Wildman–Crippen LogP) is 0.987. The van der Waals surface area contributed by atoms with Crippen LogP contribution >= 0.6 is 0 Å². The molecule has 1 saturated heterocycles. The van der Waals surface area contributed by atoms with Gasteiger partial charge < -0.3 is 15.7 Å². The summed E-state index contributed by atoms with van der Waals surface area (Å²) >= 11 is 0. The molecule has 0 radical (unpaired) electrons. The van der Waals surface area contributed by atoms with Gasteiger partial charge in [-0.25, -0.2) is 4.79 Å². The van der Waals surface area contributed by atoms with E-state index in [1.165, 1.54) is 0 Å². The van der Waals surface area contributed by atoms with E-state index in [2.05, 4.69) is 10.6 Å². The number of benzene rings is 1. The highest BCUT2D eigenvalue weighted by Gasteiger charge is 2.25. The van der Waals surface area contributed by atoms with Gasteiger partial charge in [0.05, 0.1) is 0 Å². The second-order valence-electron chi connectivity index (χ2n) is 5.11. The molecular formula is C15H18N2O4. The van der Waals surface area contributed by atoms with Gasteiger partial charge in [0, 0.05) is 18.9 Å². The molecule has 2 atom stereocenters. The molecule has 1 aromatic carbocycles. The molecule has 0 bridgehead atoms. The van der Waals surface area contributed by atoms with Crippen molar-refractivity contribution in [3.63, 3.8) is 0 Å². The molecule has 1 unspecified atom stereocenters. The summed E-state index contributed by atoms with van der Waals surface area (Å²) in [6, 6.07) is 7.25. The van der Waals surface area contributed by atoms with Gasteiger partial charge in [-0.15, -0.1) is 0 Å².